The zero-order valence-corrected chi connectivity index (χ0v) is 15.0. The van der Waals surface area contributed by atoms with Crippen molar-refractivity contribution in [3.05, 3.63) is 0 Å². The molecule has 2 N–H and O–H groups in total. The van der Waals surface area contributed by atoms with Gasteiger partial charge in [-0.05, 0) is 51.9 Å². The van der Waals surface area contributed by atoms with Crippen molar-refractivity contribution in [1.29, 1.82) is 0 Å². The molecule has 7 heteroatoms. The molecule has 1 fully saturated rings. The minimum Gasteiger partial charge on any atom is -0.319 e. The van der Waals surface area contributed by atoms with Crippen LogP contribution in [0.15, 0.2) is 0 Å². The molecule has 0 bridgehead atoms. The molecule has 1 aliphatic rings. The molecule has 0 saturated carbocycles. The molecule has 21 heavy (non-hydrogen) atoms. The molecule has 0 atom stereocenters. The van der Waals surface area contributed by atoms with Crippen molar-refractivity contribution in [1.82, 2.24) is 19.2 Å². The van der Waals surface area contributed by atoms with Crippen molar-refractivity contribution in [3.63, 3.8) is 0 Å². The maximum absolute atomic E-state index is 12.4. The Morgan fingerprint density at radius 2 is 1.81 bits per heavy atom. The first-order valence-corrected chi connectivity index (χ1v) is 9.14. The summed E-state index contributed by atoms with van der Waals surface area (Å²) in [6.07, 6.45) is 1.87. The van der Waals surface area contributed by atoms with Crippen LogP contribution in [0.3, 0.4) is 0 Å². The van der Waals surface area contributed by atoms with Crippen molar-refractivity contribution >= 4 is 10.2 Å². The zero-order valence-electron chi connectivity index (χ0n) is 14.1. The maximum atomic E-state index is 12.4. The molecule has 0 spiro atoms. The Morgan fingerprint density at radius 1 is 1.24 bits per heavy atom. The Hall–Kier alpha value is -0.210. The van der Waals surface area contributed by atoms with Gasteiger partial charge >= 0.3 is 0 Å². The van der Waals surface area contributed by atoms with Gasteiger partial charge in [-0.2, -0.15) is 12.7 Å². The largest absolute Gasteiger partial charge is 0.319 e. The van der Waals surface area contributed by atoms with Gasteiger partial charge in [0.15, 0.2) is 0 Å². The molecule has 0 amide bonds. The van der Waals surface area contributed by atoms with Crippen molar-refractivity contribution in [3.8, 4) is 0 Å². The minimum absolute atomic E-state index is 0.0823. The molecule has 0 aliphatic carbocycles. The molecule has 0 aromatic heterocycles. The molecule has 1 aliphatic heterocycles. The van der Waals surface area contributed by atoms with E-state index in [1.54, 1.807) is 4.31 Å². The fourth-order valence-electron chi connectivity index (χ4n) is 2.93. The summed E-state index contributed by atoms with van der Waals surface area (Å²) in [6, 6.07) is 0. The molecule has 1 saturated heterocycles. The van der Waals surface area contributed by atoms with E-state index in [0.29, 0.717) is 25.6 Å². The van der Waals surface area contributed by atoms with Gasteiger partial charge in [0.1, 0.15) is 0 Å². The first-order valence-electron chi connectivity index (χ1n) is 7.70. The number of nitrogens with one attached hydrogen (secondary N) is 2. The number of piperidine rings is 1. The number of hydrogen-bond donors (Lipinski definition) is 2. The lowest BCUT2D eigenvalue weighted by Crippen LogP contribution is -2.49. The third-order valence-corrected chi connectivity index (χ3v) is 5.44. The van der Waals surface area contributed by atoms with Crippen LogP contribution in [0.2, 0.25) is 0 Å². The third kappa shape index (κ3) is 6.61. The second-order valence-corrected chi connectivity index (χ2v) is 8.88. The average molecular weight is 321 g/mol. The molecular formula is C14H32N4O2S. The van der Waals surface area contributed by atoms with E-state index in [9.17, 15) is 8.42 Å². The summed E-state index contributed by atoms with van der Waals surface area (Å²) in [5.74, 6) is 0.589. The Bertz CT molecular complexity index is 401. The predicted molar refractivity (Wildman–Crippen MR) is 87.5 cm³/mol. The van der Waals surface area contributed by atoms with E-state index in [-0.39, 0.29) is 5.41 Å². The summed E-state index contributed by atoms with van der Waals surface area (Å²) in [6.45, 7) is 7.68. The minimum atomic E-state index is -3.35. The quantitative estimate of drug-likeness (QED) is 0.677. The Balaban J connectivity index is 2.47. The van der Waals surface area contributed by atoms with Gasteiger partial charge in [-0.25, -0.2) is 4.72 Å². The Morgan fingerprint density at radius 3 is 2.29 bits per heavy atom. The van der Waals surface area contributed by atoms with Crippen molar-refractivity contribution in [2.45, 2.75) is 26.7 Å². The van der Waals surface area contributed by atoms with Crippen LogP contribution in [0.25, 0.3) is 0 Å². The third-order valence-electron chi connectivity index (χ3n) is 3.88. The van der Waals surface area contributed by atoms with Gasteiger partial charge < -0.3 is 10.2 Å². The number of nitrogens with zero attached hydrogens (tertiary/aromatic N) is 2. The monoisotopic (exact) mass is 320 g/mol. The average Bonchev–Trinajstić information content (AvgIpc) is 2.36. The Kier molecular flexibility index (Phi) is 7.06. The molecule has 0 unspecified atom stereocenters. The number of rotatable bonds is 8. The highest BCUT2D eigenvalue weighted by molar-refractivity contribution is 7.87. The van der Waals surface area contributed by atoms with E-state index in [2.05, 4.69) is 28.8 Å². The highest BCUT2D eigenvalue weighted by atomic mass is 32.2. The summed E-state index contributed by atoms with van der Waals surface area (Å²) < 4.78 is 29.1. The van der Waals surface area contributed by atoms with Crippen molar-refractivity contribution in [2.75, 3.05) is 53.9 Å². The van der Waals surface area contributed by atoms with Crippen LogP contribution in [0, 0.1) is 11.3 Å². The standard InChI is InChI=1S/C14H32N4O2S/c1-14(2,12-17(4)5)11-16-21(19,20)18-8-6-13(7-9-18)10-15-3/h13,15-16H,6-12H2,1-5H3. The van der Waals surface area contributed by atoms with E-state index < -0.39 is 10.2 Å². The second-order valence-electron chi connectivity index (χ2n) is 7.13. The first kappa shape index (κ1) is 18.8. The van der Waals surface area contributed by atoms with Crippen molar-refractivity contribution < 1.29 is 8.42 Å². The van der Waals surface area contributed by atoms with Gasteiger partial charge in [0.25, 0.3) is 10.2 Å². The van der Waals surface area contributed by atoms with Crippen LogP contribution in [0.4, 0.5) is 0 Å². The smallest absolute Gasteiger partial charge is 0.279 e. The van der Waals surface area contributed by atoms with E-state index in [0.717, 1.165) is 25.9 Å². The molecule has 0 aromatic rings. The van der Waals surface area contributed by atoms with Gasteiger partial charge in [0, 0.05) is 26.2 Å². The fraction of sp³-hybridized carbons (Fsp3) is 1.00. The molecule has 1 rings (SSSR count). The second kappa shape index (κ2) is 7.87. The van der Waals surface area contributed by atoms with E-state index in [1.807, 2.05) is 21.1 Å². The summed E-state index contributed by atoms with van der Waals surface area (Å²) in [7, 11) is 2.60. The normalized spacial score (nSPS) is 19.3. The van der Waals surface area contributed by atoms with Crippen LogP contribution in [0.5, 0.6) is 0 Å². The zero-order chi connectivity index (χ0) is 16.1. The predicted octanol–water partition coefficient (Wildman–Crippen LogP) is 0.340. The molecule has 0 radical (unpaired) electrons. The number of hydrogen-bond acceptors (Lipinski definition) is 4. The summed E-state index contributed by atoms with van der Waals surface area (Å²) in [5.41, 5.74) is -0.0823. The maximum Gasteiger partial charge on any atom is 0.279 e. The van der Waals surface area contributed by atoms with Gasteiger partial charge in [-0.15, -0.1) is 0 Å². The first-order chi connectivity index (χ1) is 9.66. The topological polar surface area (TPSA) is 64.7 Å². The van der Waals surface area contributed by atoms with Gasteiger partial charge in [0.2, 0.25) is 0 Å². The summed E-state index contributed by atoms with van der Waals surface area (Å²) in [4.78, 5) is 2.08. The van der Waals surface area contributed by atoms with E-state index in [1.165, 1.54) is 0 Å². The van der Waals surface area contributed by atoms with Gasteiger partial charge in [-0.3, -0.25) is 0 Å². The molecule has 1 heterocycles. The lowest BCUT2D eigenvalue weighted by Gasteiger charge is -2.33. The summed E-state index contributed by atoms with van der Waals surface area (Å²) in [5, 5.41) is 3.17. The highest BCUT2D eigenvalue weighted by Gasteiger charge is 2.29. The van der Waals surface area contributed by atoms with E-state index in [4.69, 9.17) is 0 Å². The van der Waals surface area contributed by atoms with Gasteiger partial charge in [-0.1, -0.05) is 13.8 Å². The van der Waals surface area contributed by atoms with Crippen LogP contribution in [-0.4, -0.2) is 71.5 Å². The lowest BCUT2D eigenvalue weighted by atomic mass is 9.93. The van der Waals surface area contributed by atoms with Crippen LogP contribution in [-0.2, 0) is 10.2 Å². The SMILES string of the molecule is CNCC1CCN(S(=O)(=O)NCC(C)(C)CN(C)C)CC1. The molecule has 126 valence electrons. The molecule has 6 nitrogen and oxygen atoms in total. The highest BCUT2D eigenvalue weighted by Crippen LogP contribution is 2.19. The molecule has 0 aromatic carbocycles. The van der Waals surface area contributed by atoms with Crippen LogP contribution >= 0.6 is 0 Å². The lowest BCUT2D eigenvalue weighted by molar-refractivity contribution is 0.236. The van der Waals surface area contributed by atoms with Gasteiger partial charge in [0.05, 0.1) is 0 Å². The van der Waals surface area contributed by atoms with Crippen LogP contribution < -0.4 is 10.0 Å². The molecular weight excluding hydrogens is 288 g/mol. The fourth-order valence-corrected chi connectivity index (χ4v) is 4.38. The summed E-state index contributed by atoms with van der Waals surface area (Å²) >= 11 is 0. The van der Waals surface area contributed by atoms with Crippen LogP contribution in [0.1, 0.15) is 26.7 Å². The van der Waals surface area contributed by atoms with E-state index >= 15 is 0 Å². The van der Waals surface area contributed by atoms with Crippen molar-refractivity contribution in [2.24, 2.45) is 11.3 Å². The Labute approximate surface area is 130 Å².